The first-order valence-electron chi connectivity index (χ1n) is 15.5. The van der Waals surface area contributed by atoms with E-state index in [4.69, 9.17) is 14.6 Å². The quantitative estimate of drug-likeness (QED) is 0.282. The van der Waals surface area contributed by atoms with Gasteiger partial charge in [0.1, 0.15) is 0 Å². The van der Waals surface area contributed by atoms with E-state index in [1.165, 1.54) is 0 Å². The molecule has 0 radical (unpaired) electrons. The van der Waals surface area contributed by atoms with Gasteiger partial charge in [0.2, 0.25) is 17.7 Å². The molecule has 2 aliphatic carbocycles. The molecule has 11 nitrogen and oxygen atoms in total. The summed E-state index contributed by atoms with van der Waals surface area (Å²) in [5.41, 5.74) is 0.863. The van der Waals surface area contributed by atoms with Gasteiger partial charge in [-0.3, -0.25) is 24.2 Å². The number of likely N-dealkylation sites (tertiary alicyclic amines) is 1. The summed E-state index contributed by atoms with van der Waals surface area (Å²) < 4.78 is 11.9. The van der Waals surface area contributed by atoms with Crippen molar-refractivity contribution in [1.29, 1.82) is 0 Å². The van der Waals surface area contributed by atoms with Crippen molar-refractivity contribution in [3.63, 3.8) is 0 Å². The summed E-state index contributed by atoms with van der Waals surface area (Å²) >= 11 is 0. The Balaban J connectivity index is 1.02. The molecule has 0 unspecified atom stereocenters. The number of nitrogens with zero attached hydrogens (tertiary/aromatic N) is 2. The zero-order valence-corrected chi connectivity index (χ0v) is 24.7. The first-order chi connectivity index (χ1) is 20.3. The summed E-state index contributed by atoms with van der Waals surface area (Å²) in [6, 6.07) is 3.50. The van der Waals surface area contributed by atoms with E-state index in [0.717, 1.165) is 44.1 Å². The zero-order valence-electron chi connectivity index (χ0n) is 24.7. The average Bonchev–Trinajstić information content (AvgIpc) is 3.30. The third-order valence-electron chi connectivity index (χ3n) is 8.99. The highest BCUT2D eigenvalue weighted by atomic mass is 16.5. The van der Waals surface area contributed by atoms with Crippen molar-refractivity contribution < 1.29 is 33.8 Å². The lowest BCUT2D eigenvalue weighted by atomic mass is 9.86. The summed E-state index contributed by atoms with van der Waals surface area (Å²) in [6.45, 7) is 2.09. The van der Waals surface area contributed by atoms with Gasteiger partial charge in [-0.1, -0.05) is 6.07 Å². The van der Waals surface area contributed by atoms with Crippen molar-refractivity contribution in [2.75, 3.05) is 33.4 Å². The van der Waals surface area contributed by atoms with E-state index in [9.17, 15) is 19.2 Å². The van der Waals surface area contributed by atoms with Crippen molar-refractivity contribution in [2.45, 2.75) is 88.8 Å². The minimum atomic E-state index is -0.734. The smallest absolute Gasteiger partial charge is 0.306 e. The van der Waals surface area contributed by atoms with Gasteiger partial charge in [-0.15, -0.1) is 0 Å². The third kappa shape index (κ3) is 9.22. The number of carboxylic acid groups (broad SMARTS) is 1. The van der Waals surface area contributed by atoms with Crippen LogP contribution in [0.15, 0.2) is 24.5 Å². The molecular weight excluding hydrogens is 540 g/mol. The van der Waals surface area contributed by atoms with Crippen LogP contribution in [-0.2, 0) is 28.7 Å². The molecule has 1 aromatic rings. The predicted octanol–water partition coefficient (Wildman–Crippen LogP) is 2.85. The number of nitrogens with one attached hydrogen (secondary N) is 2. The highest BCUT2D eigenvalue weighted by Gasteiger charge is 2.42. The van der Waals surface area contributed by atoms with Crippen molar-refractivity contribution >= 4 is 23.7 Å². The van der Waals surface area contributed by atoms with Crippen LogP contribution < -0.4 is 10.6 Å². The number of carbonyl (C=O) groups excluding carboxylic acids is 3. The summed E-state index contributed by atoms with van der Waals surface area (Å²) in [6.07, 6.45) is 11.5. The Kier molecular flexibility index (Phi) is 12.1. The molecule has 4 rings (SSSR count). The van der Waals surface area contributed by atoms with Crippen LogP contribution in [0.5, 0.6) is 0 Å². The molecule has 3 aliphatic rings. The van der Waals surface area contributed by atoms with Crippen LogP contribution in [0.3, 0.4) is 0 Å². The highest BCUT2D eigenvalue weighted by molar-refractivity contribution is 5.90. The number of ether oxygens (including phenoxy) is 2. The molecule has 232 valence electrons. The lowest BCUT2D eigenvalue weighted by Gasteiger charge is -2.28. The van der Waals surface area contributed by atoms with Gasteiger partial charge in [-0.2, -0.15) is 0 Å². The Morgan fingerprint density at radius 3 is 2.52 bits per heavy atom. The Bertz CT molecular complexity index is 1040. The van der Waals surface area contributed by atoms with Crippen LogP contribution in [0.2, 0.25) is 0 Å². The number of hydrogen-bond donors (Lipinski definition) is 3. The Labute approximate surface area is 248 Å². The Hall–Kier alpha value is -3.05. The molecule has 2 heterocycles. The van der Waals surface area contributed by atoms with E-state index < -0.39 is 11.9 Å². The molecule has 1 aromatic heterocycles. The van der Waals surface area contributed by atoms with Crippen LogP contribution in [-0.4, -0.2) is 84.2 Å². The molecule has 42 heavy (non-hydrogen) atoms. The topological polar surface area (TPSA) is 147 Å². The van der Waals surface area contributed by atoms with Crippen molar-refractivity contribution in [1.82, 2.24) is 20.5 Å². The van der Waals surface area contributed by atoms with Crippen LogP contribution in [0, 0.1) is 17.8 Å². The molecule has 1 saturated heterocycles. The fourth-order valence-electron chi connectivity index (χ4n) is 6.48. The maximum Gasteiger partial charge on any atom is 0.306 e. The lowest BCUT2D eigenvalue weighted by Crippen LogP contribution is -2.38. The van der Waals surface area contributed by atoms with E-state index in [1.807, 2.05) is 12.1 Å². The zero-order chi connectivity index (χ0) is 29.9. The maximum atomic E-state index is 12.9. The van der Waals surface area contributed by atoms with Crippen molar-refractivity contribution in [3.8, 4) is 0 Å². The molecule has 3 fully saturated rings. The number of carbonyl (C=O) groups is 4. The van der Waals surface area contributed by atoms with Gasteiger partial charge in [0.25, 0.3) is 0 Å². The van der Waals surface area contributed by atoms with Crippen molar-refractivity contribution in [2.24, 2.45) is 17.8 Å². The van der Waals surface area contributed by atoms with Gasteiger partial charge in [-0.05, 0) is 75.3 Å². The number of amides is 3. The number of carboxylic acids is 1. The maximum absolute atomic E-state index is 12.9. The molecule has 3 N–H and O–H groups in total. The summed E-state index contributed by atoms with van der Waals surface area (Å²) in [4.78, 5) is 54.3. The molecule has 0 aromatic carbocycles. The number of hydrogen-bond acceptors (Lipinski definition) is 7. The second-order valence-corrected chi connectivity index (χ2v) is 12.0. The highest BCUT2D eigenvalue weighted by Crippen LogP contribution is 2.36. The third-order valence-corrected chi connectivity index (χ3v) is 8.99. The number of rotatable bonds is 14. The van der Waals surface area contributed by atoms with Gasteiger partial charge in [0.15, 0.2) is 0 Å². The SMILES string of the molecule is CN1C(=O)C[C@H](C(=O)NCCOC2CCC(COCCCC(=O)NC3CCC(C(=O)O)CC3)CC2)[C@H]1c1cccnc1. The predicted molar refractivity (Wildman–Crippen MR) is 154 cm³/mol. The van der Waals surface area contributed by atoms with Gasteiger partial charge in [0, 0.05) is 58.1 Å². The van der Waals surface area contributed by atoms with Crippen LogP contribution >= 0.6 is 0 Å². The summed E-state index contributed by atoms with van der Waals surface area (Å²) in [5.74, 6) is -1.12. The van der Waals surface area contributed by atoms with E-state index in [0.29, 0.717) is 58.0 Å². The molecule has 0 bridgehead atoms. The monoisotopic (exact) mass is 586 g/mol. The second kappa shape index (κ2) is 16.0. The molecule has 3 amide bonds. The van der Waals surface area contributed by atoms with Crippen LogP contribution in [0.1, 0.15) is 82.2 Å². The standard InChI is InChI=1S/C31H46N4O7/c1-35-28(37)18-26(29(35)23-4-2-14-32-19-23)30(38)33-15-17-42-25-12-6-21(7-13-25)20-41-16-3-5-27(36)34-24-10-8-22(9-11-24)31(39)40/h2,4,14,19,21-22,24-26,29H,3,5-13,15-18,20H2,1H3,(H,33,38)(H,34,36)(H,39,40)/t21?,22?,24?,25?,26-,29+/m0/s1. The van der Waals surface area contributed by atoms with Gasteiger partial charge >= 0.3 is 5.97 Å². The molecule has 11 heteroatoms. The molecule has 1 aliphatic heterocycles. The Morgan fingerprint density at radius 2 is 1.83 bits per heavy atom. The van der Waals surface area contributed by atoms with Gasteiger partial charge < -0.3 is 30.1 Å². The molecule has 2 saturated carbocycles. The van der Waals surface area contributed by atoms with E-state index in [2.05, 4.69) is 15.6 Å². The normalized spacial score (nSPS) is 27.9. The van der Waals surface area contributed by atoms with Gasteiger partial charge in [-0.25, -0.2) is 0 Å². The molecule has 2 atom stereocenters. The van der Waals surface area contributed by atoms with Crippen molar-refractivity contribution in [3.05, 3.63) is 30.1 Å². The largest absolute Gasteiger partial charge is 0.481 e. The fourth-order valence-corrected chi connectivity index (χ4v) is 6.48. The van der Waals surface area contributed by atoms with E-state index in [-0.39, 0.29) is 48.2 Å². The first-order valence-corrected chi connectivity index (χ1v) is 15.5. The fraction of sp³-hybridized carbons (Fsp3) is 0.710. The Morgan fingerprint density at radius 1 is 1.07 bits per heavy atom. The lowest BCUT2D eigenvalue weighted by molar-refractivity contribution is -0.143. The molecular formula is C31H46N4O7. The average molecular weight is 587 g/mol. The number of aromatic nitrogens is 1. The number of pyridine rings is 1. The minimum Gasteiger partial charge on any atom is -0.481 e. The minimum absolute atomic E-state index is 0.0172. The first kappa shape index (κ1) is 31.9. The summed E-state index contributed by atoms with van der Waals surface area (Å²) in [5, 5.41) is 15.1. The van der Waals surface area contributed by atoms with E-state index >= 15 is 0 Å². The summed E-state index contributed by atoms with van der Waals surface area (Å²) in [7, 11) is 1.73. The van der Waals surface area contributed by atoms with E-state index in [1.54, 1.807) is 24.3 Å². The van der Waals surface area contributed by atoms with Crippen LogP contribution in [0.4, 0.5) is 0 Å². The number of aliphatic carboxylic acids is 1. The second-order valence-electron chi connectivity index (χ2n) is 12.0. The van der Waals surface area contributed by atoms with Crippen LogP contribution in [0.25, 0.3) is 0 Å². The molecule has 0 spiro atoms. The van der Waals surface area contributed by atoms with Gasteiger partial charge in [0.05, 0.1) is 30.6 Å².